The van der Waals surface area contributed by atoms with Crippen LogP contribution in [0.2, 0.25) is 0 Å². The van der Waals surface area contributed by atoms with Crippen LogP contribution in [0.15, 0.2) is 11.6 Å². The van der Waals surface area contributed by atoms with Crippen molar-refractivity contribution in [2.24, 2.45) is 0 Å². The zero-order valence-corrected chi connectivity index (χ0v) is 5.35. The van der Waals surface area contributed by atoms with E-state index < -0.39 is 0 Å². The van der Waals surface area contributed by atoms with Gasteiger partial charge in [0.2, 0.25) is 0 Å². The second-order valence-corrected chi connectivity index (χ2v) is 1.54. The Morgan fingerprint density at radius 1 is 1.75 bits per heavy atom. The first kappa shape index (κ1) is 7.66. The van der Waals surface area contributed by atoms with Crippen LogP contribution in [0.25, 0.3) is 0 Å². The molecule has 0 rings (SSSR count). The van der Waals surface area contributed by atoms with Crippen molar-refractivity contribution in [3.05, 3.63) is 11.6 Å². The molecule has 0 saturated carbocycles. The molecule has 0 atom stereocenters. The average Bonchev–Trinajstić information content (AvgIpc) is 1.83. The van der Waals surface area contributed by atoms with Crippen LogP contribution in [0.5, 0.6) is 0 Å². The van der Waals surface area contributed by atoms with Crippen LogP contribution in [-0.2, 0) is 4.74 Å². The van der Waals surface area contributed by atoms with Gasteiger partial charge in [-0.2, -0.15) is 0 Å². The highest BCUT2D eigenvalue weighted by molar-refractivity contribution is 4.99. The van der Waals surface area contributed by atoms with E-state index in [1.165, 1.54) is 0 Å². The summed E-state index contributed by atoms with van der Waals surface area (Å²) in [6, 6.07) is 0. The normalized spacial score (nSPS) is 12.1. The van der Waals surface area contributed by atoms with Gasteiger partial charge in [0, 0.05) is 7.11 Å². The highest BCUT2D eigenvalue weighted by Gasteiger charge is 1.88. The molecule has 0 saturated heterocycles. The van der Waals surface area contributed by atoms with E-state index >= 15 is 0 Å². The van der Waals surface area contributed by atoms with Gasteiger partial charge in [-0.25, -0.2) is 0 Å². The molecule has 0 fully saturated rings. The predicted molar refractivity (Wildman–Crippen MR) is 32.7 cm³/mol. The minimum Gasteiger partial charge on any atom is -0.392 e. The molecule has 0 radical (unpaired) electrons. The summed E-state index contributed by atoms with van der Waals surface area (Å²) in [4.78, 5) is 0. The monoisotopic (exact) mass is 116 g/mol. The molecule has 2 heteroatoms. The fraction of sp³-hybridized carbons (Fsp3) is 0.667. The van der Waals surface area contributed by atoms with E-state index in [1.54, 1.807) is 7.11 Å². The van der Waals surface area contributed by atoms with Gasteiger partial charge in [-0.3, -0.25) is 0 Å². The van der Waals surface area contributed by atoms with Crippen molar-refractivity contribution in [3.63, 3.8) is 0 Å². The van der Waals surface area contributed by atoms with E-state index in [9.17, 15) is 0 Å². The van der Waals surface area contributed by atoms with E-state index in [0.717, 1.165) is 5.57 Å². The summed E-state index contributed by atoms with van der Waals surface area (Å²) in [6.45, 7) is 2.52. The molecule has 0 aromatic carbocycles. The minimum atomic E-state index is 0.102. The Balaban J connectivity index is 3.38. The molecule has 0 aliphatic rings. The van der Waals surface area contributed by atoms with Crippen molar-refractivity contribution in [2.45, 2.75) is 6.92 Å². The van der Waals surface area contributed by atoms with Crippen LogP contribution in [0.4, 0.5) is 0 Å². The Bertz CT molecular complexity index is 76.6. The van der Waals surface area contributed by atoms with Gasteiger partial charge in [-0.15, -0.1) is 0 Å². The first-order valence-corrected chi connectivity index (χ1v) is 2.59. The van der Waals surface area contributed by atoms with Gasteiger partial charge in [0.05, 0.1) is 13.2 Å². The van der Waals surface area contributed by atoms with E-state index in [1.807, 2.05) is 13.0 Å². The van der Waals surface area contributed by atoms with Crippen molar-refractivity contribution in [1.82, 2.24) is 0 Å². The molecule has 8 heavy (non-hydrogen) atoms. The fourth-order valence-corrected chi connectivity index (χ4v) is 0.406. The molecule has 0 amide bonds. The summed E-state index contributed by atoms with van der Waals surface area (Å²) in [7, 11) is 1.61. The maximum Gasteiger partial charge on any atom is 0.0694 e. The highest BCUT2D eigenvalue weighted by Crippen LogP contribution is 1.90. The summed E-state index contributed by atoms with van der Waals surface area (Å²) in [5, 5.41) is 8.51. The first-order chi connectivity index (χ1) is 3.85. The molecule has 0 unspecified atom stereocenters. The van der Waals surface area contributed by atoms with E-state index in [-0.39, 0.29) is 6.61 Å². The zero-order chi connectivity index (χ0) is 6.41. The number of aliphatic hydroxyl groups excluding tert-OH is 1. The minimum absolute atomic E-state index is 0.102. The van der Waals surface area contributed by atoms with E-state index in [0.29, 0.717) is 6.61 Å². The number of allylic oxidation sites excluding steroid dienone is 1. The quantitative estimate of drug-likeness (QED) is 0.546. The lowest BCUT2D eigenvalue weighted by atomic mass is 10.3. The summed E-state index contributed by atoms with van der Waals surface area (Å²) >= 11 is 0. The van der Waals surface area contributed by atoms with Crippen molar-refractivity contribution in [1.29, 1.82) is 0 Å². The summed E-state index contributed by atoms with van der Waals surface area (Å²) in [5.74, 6) is 0. The van der Waals surface area contributed by atoms with Gasteiger partial charge >= 0.3 is 0 Å². The first-order valence-electron chi connectivity index (χ1n) is 2.59. The van der Waals surface area contributed by atoms with Crippen LogP contribution < -0.4 is 0 Å². The number of ether oxygens (including phenoxy) is 1. The summed E-state index contributed by atoms with van der Waals surface area (Å²) < 4.78 is 4.76. The Kier molecular flexibility index (Phi) is 4.61. The van der Waals surface area contributed by atoms with Crippen LogP contribution in [0.3, 0.4) is 0 Å². The Morgan fingerprint density at radius 3 is 2.50 bits per heavy atom. The zero-order valence-electron chi connectivity index (χ0n) is 5.35. The van der Waals surface area contributed by atoms with E-state index in [4.69, 9.17) is 9.84 Å². The number of hydrogen-bond acceptors (Lipinski definition) is 2. The molecular formula is C6H12O2. The molecule has 2 nitrogen and oxygen atoms in total. The van der Waals surface area contributed by atoms with Crippen LogP contribution in [-0.4, -0.2) is 25.4 Å². The molecule has 0 aliphatic carbocycles. The number of aliphatic hydroxyl groups is 1. The van der Waals surface area contributed by atoms with Crippen molar-refractivity contribution in [2.75, 3.05) is 20.3 Å². The Hall–Kier alpha value is -0.340. The Labute approximate surface area is 49.8 Å². The van der Waals surface area contributed by atoms with Crippen molar-refractivity contribution >= 4 is 0 Å². The molecule has 0 spiro atoms. The lowest BCUT2D eigenvalue weighted by Crippen LogP contribution is -1.97. The van der Waals surface area contributed by atoms with Gasteiger partial charge < -0.3 is 9.84 Å². The standard InChI is InChI=1S/C6H12O2/c1-3-6(4-7)5-8-2/h3,7H,4-5H2,1-2H3/b6-3-. The van der Waals surface area contributed by atoms with Gasteiger partial charge in [0.15, 0.2) is 0 Å². The van der Waals surface area contributed by atoms with E-state index in [2.05, 4.69) is 0 Å². The SMILES string of the molecule is C/C=C(/CO)COC. The van der Waals surface area contributed by atoms with Gasteiger partial charge in [0.25, 0.3) is 0 Å². The molecule has 48 valence electrons. The second kappa shape index (κ2) is 4.81. The van der Waals surface area contributed by atoms with Crippen LogP contribution >= 0.6 is 0 Å². The lowest BCUT2D eigenvalue weighted by Gasteiger charge is -1.98. The number of rotatable bonds is 3. The third-order valence-corrected chi connectivity index (χ3v) is 0.941. The van der Waals surface area contributed by atoms with Gasteiger partial charge in [-0.05, 0) is 12.5 Å². The maximum absolute atomic E-state index is 8.51. The third kappa shape index (κ3) is 2.77. The smallest absolute Gasteiger partial charge is 0.0694 e. The molecule has 0 bridgehead atoms. The predicted octanol–water partition coefficient (Wildman–Crippen LogP) is 0.571. The number of hydrogen-bond donors (Lipinski definition) is 1. The molecule has 0 aromatic heterocycles. The van der Waals surface area contributed by atoms with Crippen molar-refractivity contribution in [3.8, 4) is 0 Å². The summed E-state index contributed by atoms with van der Waals surface area (Å²) in [6.07, 6.45) is 1.85. The molecular weight excluding hydrogens is 104 g/mol. The Morgan fingerprint density at radius 2 is 2.38 bits per heavy atom. The van der Waals surface area contributed by atoms with Crippen LogP contribution in [0.1, 0.15) is 6.92 Å². The van der Waals surface area contributed by atoms with Crippen molar-refractivity contribution < 1.29 is 9.84 Å². The molecule has 0 heterocycles. The lowest BCUT2D eigenvalue weighted by molar-refractivity contribution is 0.207. The molecule has 0 aromatic rings. The fourth-order valence-electron chi connectivity index (χ4n) is 0.406. The topological polar surface area (TPSA) is 29.5 Å². The molecule has 1 N–H and O–H groups in total. The third-order valence-electron chi connectivity index (χ3n) is 0.941. The van der Waals surface area contributed by atoms with Gasteiger partial charge in [0.1, 0.15) is 0 Å². The summed E-state index contributed by atoms with van der Waals surface area (Å²) in [5.41, 5.74) is 0.924. The molecule has 0 aliphatic heterocycles. The van der Waals surface area contributed by atoms with Gasteiger partial charge in [-0.1, -0.05) is 6.08 Å². The van der Waals surface area contributed by atoms with Crippen LogP contribution in [0, 0.1) is 0 Å². The average molecular weight is 116 g/mol. The highest BCUT2D eigenvalue weighted by atomic mass is 16.5. The maximum atomic E-state index is 8.51. The second-order valence-electron chi connectivity index (χ2n) is 1.54. The largest absolute Gasteiger partial charge is 0.392 e. The number of methoxy groups -OCH3 is 1.